The lowest BCUT2D eigenvalue weighted by Gasteiger charge is -2.29. The second kappa shape index (κ2) is 10.4. The van der Waals surface area contributed by atoms with Crippen molar-refractivity contribution in [1.82, 2.24) is 14.5 Å². The Labute approximate surface area is 167 Å². The number of guanidine groups is 1. The van der Waals surface area contributed by atoms with Crippen molar-refractivity contribution in [2.75, 3.05) is 39.5 Å². The minimum absolute atomic E-state index is 0. The molecule has 0 amide bonds. The van der Waals surface area contributed by atoms with Gasteiger partial charge in [-0.25, -0.2) is 12.7 Å². The number of hydrogen-bond acceptors (Lipinski definition) is 4. The Morgan fingerprint density at radius 2 is 2.12 bits per heavy atom. The first-order chi connectivity index (χ1) is 11.4. The van der Waals surface area contributed by atoms with Gasteiger partial charge in [0.2, 0.25) is 10.0 Å². The van der Waals surface area contributed by atoms with Gasteiger partial charge in [0.1, 0.15) is 5.76 Å². The number of hydrogen-bond donors (Lipinski definition) is 1. The molecule has 144 valence electrons. The number of rotatable bonds is 6. The maximum Gasteiger partial charge on any atom is 0.211 e. The first-order valence-corrected chi connectivity index (χ1v) is 10.2. The van der Waals surface area contributed by atoms with Gasteiger partial charge in [-0.05, 0) is 37.8 Å². The molecule has 0 radical (unpaired) electrons. The number of nitrogens with zero attached hydrogens (tertiary/aromatic N) is 3. The Bertz CT molecular complexity index is 626. The molecule has 9 heteroatoms. The second-order valence-electron chi connectivity index (χ2n) is 6.24. The highest BCUT2D eigenvalue weighted by molar-refractivity contribution is 14.0. The van der Waals surface area contributed by atoms with Gasteiger partial charge in [-0.3, -0.25) is 4.99 Å². The minimum Gasteiger partial charge on any atom is -0.467 e. The molecule has 0 bridgehead atoms. The fourth-order valence-corrected chi connectivity index (χ4v) is 3.69. The van der Waals surface area contributed by atoms with Gasteiger partial charge in [0.15, 0.2) is 5.96 Å². The van der Waals surface area contributed by atoms with Crippen LogP contribution in [-0.2, 0) is 16.6 Å². The predicted molar refractivity (Wildman–Crippen MR) is 111 cm³/mol. The summed E-state index contributed by atoms with van der Waals surface area (Å²) in [6.07, 6.45) is 4.66. The molecule has 0 aromatic carbocycles. The van der Waals surface area contributed by atoms with Crippen LogP contribution in [0.4, 0.5) is 0 Å². The largest absolute Gasteiger partial charge is 0.467 e. The van der Waals surface area contributed by atoms with Crippen LogP contribution in [0.3, 0.4) is 0 Å². The molecule has 0 aliphatic carbocycles. The fraction of sp³-hybridized carbons (Fsp3) is 0.688. The van der Waals surface area contributed by atoms with Crippen molar-refractivity contribution in [2.45, 2.75) is 26.3 Å². The minimum atomic E-state index is -3.07. The van der Waals surface area contributed by atoms with Crippen LogP contribution in [0.2, 0.25) is 0 Å². The number of aliphatic imine (C=N–C) groups is 1. The Balaban J connectivity index is 0.00000312. The normalized spacial score (nSPS) is 17.2. The number of piperidine rings is 1. The van der Waals surface area contributed by atoms with Crippen molar-refractivity contribution in [1.29, 1.82) is 0 Å². The fourth-order valence-electron chi connectivity index (χ4n) is 2.82. The molecule has 0 saturated carbocycles. The Kier molecular flexibility index (Phi) is 9.22. The van der Waals surface area contributed by atoms with E-state index in [1.54, 1.807) is 10.6 Å². The van der Waals surface area contributed by atoms with Gasteiger partial charge in [0.25, 0.3) is 0 Å². The number of furan rings is 1. The van der Waals surface area contributed by atoms with E-state index in [4.69, 9.17) is 9.41 Å². The third kappa shape index (κ3) is 7.14. The number of nitrogens with one attached hydrogen (secondary N) is 1. The summed E-state index contributed by atoms with van der Waals surface area (Å²) in [6.45, 7) is 5.40. The number of sulfonamides is 1. The SMILES string of the molecule is CCNC(=NCC1CCN(S(C)(=O)=O)CC1)N(C)Cc1ccco1.I. The van der Waals surface area contributed by atoms with Crippen LogP contribution in [0.1, 0.15) is 25.5 Å². The average Bonchev–Trinajstić information content (AvgIpc) is 3.03. The topological polar surface area (TPSA) is 78.2 Å². The van der Waals surface area contributed by atoms with E-state index in [1.165, 1.54) is 6.26 Å². The molecule has 25 heavy (non-hydrogen) atoms. The van der Waals surface area contributed by atoms with Crippen LogP contribution in [-0.4, -0.2) is 63.1 Å². The van der Waals surface area contributed by atoms with Gasteiger partial charge in [0.05, 0.1) is 19.1 Å². The first-order valence-electron chi connectivity index (χ1n) is 8.37. The van der Waals surface area contributed by atoms with Gasteiger partial charge < -0.3 is 14.6 Å². The van der Waals surface area contributed by atoms with Crippen molar-refractivity contribution in [3.8, 4) is 0 Å². The number of halogens is 1. The Morgan fingerprint density at radius 1 is 1.44 bits per heavy atom. The van der Waals surface area contributed by atoms with E-state index in [1.807, 2.05) is 31.0 Å². The summed E-state index contributed by atoms with van der Waals surface area (Å²) in [5.74, 6) is 2.16. The molecule has 0 atom stereocenters. The Morgan fingerprint density at radius 3 is 2.64 bits per heavy atom. The van der Waals surface area contributed by atoms with Crippen LogP contribution in [0, 0.1) is 5.92 Å². The molecule has 2 heterocycles. The van der Waals surface area contributed by atoms with Crippen LogP contribution in [0.5, 0.6) is 0 Å². The van der Waals surface area contributed by atoms with Crippen molar-refractivity contribution < 1.29 is 12.8 Å². The monoisotopic (exact) mass is 484 g/mol. The first kappa shape index (κ1) is 22.2. The van der Waals surface area contributed by atoms with Gasteiger partial charge >= 0.3 is 0 Å². The zero-order chi connectivity index (χ0) is 17.6. The van der Waals surface area contributed by atoms with E-state index in [9.17, 15) is 8.42 Å². The van der Waals surface area contributed by atoms with Gasteiger partial charge in [-0.1, -0.05) is 0 Å². The van der Waals surface area contributed by atoms with E-state index in [0.29, 0.717) is 32.1 Å². The van der Waals surface area contributed by atoms with E-state index in [-0.39, 0.29) is 24.0 Å². The van der Waals surface area contributed by atoms with Crippen LogP contribution in [0.25, 0.3) is 0 Å². The summed E-state index contributed by atoms with van der Waals surface area (Å²) in [5, 5.41) is 3.30. The van der Waals surface area contributed by atoms with E-state index >= 15 is 0 Å². The zero-order valence-electron chi connectivity index (χ0n) is 15.1. The molecule has 0 unspecified atom stereocenters. The highest BCUT2D eigenvalue weighted by Crippen LogP contribution is 2.19. The molecule has 2 rings (SSSR count). The average molecular weight is 484 g/mol. The molecule has 1 N–H and O–H groups in total. The van der Waals surface area contributed by atoms with Gasteiger partial charge in [-0.2, -0.15) is 0 Å². The zero-order valence-corrected chi connectivity index (χ0v) is 18.3. The maximum atomic E-state index is 11.6. The molecule has 7 nitrogen and oxygen atoms in total. The van der Waals surface area contributed by atoms with Gasteiger partial charge in [-0.15, -0.1) is 24.0 Å². The van der Waals surface area contributed by atoms with E-state index in [0.717, 1.165) is 31.1 Å². The summed E-state index contributed by atoms with van der Waals surface area (Å²) in [5.41, 5.74) is 0. The lowest BCUT2D eigenvalue weighted by molar-refractivity contribution is 0.279. The molecule has 1 saturated heterocycles. The second-order valence-corrected chi connectivity index (χ2v) is 8.22. The van der Waals surface area contributed by atoms with Gasteiger partial charge in [0, 0.05) is 33.2 Å². The lowest BCUT2D eigenvalue weighted by Crippen LogP contribution is -2.40. The van der Waals surface area contributed by atoms with Crippen molar-refractivity contribution in [2.24, 2.45) is 10.9 Å². The molecule has 1 aliphatic heterocycles. The summed E-state index contributed by atoms with van der Waals surface area (Å²) in [6, 6.07) is 3.82. The molecule has 1 fully saturated rings. The molecule has 1 aromatic heterocycles. The standard InChI is InChI=1S/C16H28N4O3S.HI/c1-4-17-16(19(2)13-15-6-5-11-23-15)18-12-14-7-9-20(10-8-14)24(3,21)22;/h5-6,11,14H,4,7-10,12-13H2,1-3H3,(H,17,18);1H. The highest BCUT2D eigenvalue weighted by Gasteiger charge is 2.24. The quantitative estimate of drug-likeness (QED) is 0.380. The molecular formula is C16H29IN4O3S. The molecular weight excluding hydrogens is 455 g/mol. The van der Waals surface area contributed by atoms with Crippen LogP contribution in [0.15, 0.2) is 27.8 Å². The summed E-state index contributed by atoms with van der Waals surface area (Å²) in [7, 11) is -1.08. The molecule has 1 aliphatic rings. The lowest BCUT2D eigenvalue weighted by atomic mass is 9.98. The maximum absolute atomic E-state index is 11.6. The van der Waals surface area contributed by atoms with Crippen LogP contribution < -0.4 is 5.32 Å². The summed E-state index contributed by atoms with van der Waals surface area (Å²) < 4.78 is 30.1. The third-order valence-electron chi connectivity index (χ3n) is 4.21. The molecule has 1 aromatic rings. The van der Waals surface area contributed by atoms with Crippen molar-refractivity contribution in [3.05, 3.63) is 24.2 Å². The summed E-state index contributed by atoms with van der Waals surface area (Å²) >= 11 is 0. The predicted octanol–water partition coefficient (Wildman–Crippen LogP) is 1.97. The Hall–Kier alpha value is -0.810. The van der Waals surface area contributed by atoms with Crippen LogP contribution >= 0.6 is 24.0 Å². The highest BCUT2D eigenvalue weighted by atomic mass is 127. The van der Waals surface area contributed by atoms with E-state index in [2.05, 4.69) is 5.32 Å². The van der Waals surface area contributed by atoms with Crippen molar-refractivity contribution in [3.63, 3.8) is 0 Å². The summed E-state index contributed by atoms with van der Waals surface area (Å²) in [4.78, 5) is 6.76. The molecule has 0 spiro atoms. The van der Waals surface area contributed by atoms with Crippen molar-refractivity contribution >= 4 is 40.0 Å². The van der Waals surface area contributed by atoms with E-state index < -0.39 is 10.0 Å². The smallest absolute Gasteiger partial charge is 0.211 e. The third-order valence-corrected chi connectivity index (χ3v) is 5.51.